The Morgan fingerprint density at radius 3 is 2.76 bits per heavy atom. The number of rotatable bonds is 1. The molecule has 0 saturated carbocycles. The number of fused-ring (bicyclic) bond motifs is 1. The summed E-state index contributed by atoms with van der Waals surface area (Å²) in [5, 5.41) is 8.15. The molecule has 0 aliphatic carbocycles. The van der Waals surface area contributed by atoms with Crippen LogP contribution in [0.25, 0.3) is 11.2 Å². The molecule has 3 heterocycles. The van der Waals surface area contributed by atoms with Crippen LogP contribution in [0.5, 0.6) is 0 Å². The molecule has 0 unspecified atom stereocenters. The molecule has 0 radical (unpaired) electrons. The molecule has 1 aliphatic rings. The molecule has 0 amide bonds. The molecule has 17 heavy (non-hydrogen) atoms. The normalized spacial score (nSPS) is 17.9. The first-order valence-corrected chi connectivity index (χ1v) is 5.82. The molecule has 2 aromatic heterocycles. The zero-order valence-electron chi connectivity index (χ0n) is 10.1. The predicted molar refractivity (Wildman–Crippen MR) is 62.9 cm³/mol. The van der Waals surface area contributed by atoms with Gasteiger partial charge in [0.15, 0.2) is 17.0 Å². The average Bonchev–Trinajstić information content (AvgIpc) is 2.73. The van der Waals surface area contributed by atoms with Crippen LogP contribution >= 0.6 is 0 Å². The molecule has 0 spiro atoms. The third-order valence-corrected chi connectivity index (χ3v) is 3.29. The summed E-state index contributed by atoms with van der Waals surface area (Å²) in [6.45, 7) is 4.28. The SMILES string of the molecule is Cn1nnc2c(N3CC[NH+](C)CC3)ncnc21. The van der Waals surface area contributed by atoms with E-state index in [1.807, 2.05) is 7.05 Å². The van der Waals surface area contributed by atoms with Crippen molar-refractivity contribution in [2.24, 2.45) is 7.05 Å². The van der Waals surface area contributed by atoms with Crippen molar-refractivity contribution in [3.8, 4) is 0 Å². The molecule has 0 bridgehead atoms. The van der Waals surface area contributed by atoms with Crippen molar-refractivity contribution in [3.63, 3.8) is 0 Å². The lowest BCUT2D eigenvalue weighted by Gasteiger charge is -2.30. The maximum Gasteiger partial charge on any atom is 0.183 e. The Morgan fingerprint density at radius 1 is 1.24 bits per heavy atom. The summed E-state index contributed by atoms with van der Waals surface area (Å²) in [5.74, 6) is 0.913. The third kappa shape index (κ3) is 1.72. The average molecular weight is 234 g/mol. The van der Waals surface area contributed by atoms with Crippen LogP contribution in [0.15, 0.2) is 6.33 Å². The summed E-state index contributed by atoms with van der Waals surface area (Å²) in [5.41, 5.74) is 1.59. The highest BCUT2D eigenvalue weighted by molar-refractivity contribution is 5.82. The second-order valence-electron chi connectivity index (χ2n) is 4.53. The maximum absolute atomic E-state index is 4.36. The van der Waals surface area contributed by atoms with Gasteiger partial charge in [-0.15, -0.1) is 5.10 Å². The number of piperazine rings is 1. The highest BCUT2D eigenvalue weighted by Crippen LogP contribution is 2.19. The van der Waals surface area contributed by atoms with Crippen LogP contribution in [-0.4, -0.2) is 58.2 Å². The van der Waals surface area contributed by atoms with E-state index in [-0.39, 0.29) is 0 Å². The van der Waals surface area contributed by atoms with Gasteiger partial charge >= 0.3 is 0 Å². The Kier molecular flexibility index (Phi) is 2.40. The molecular formula is C10H16N7+. The maximum atomic E-state index is 4.36. The van der Waals surface area contributed by atoms with E-state index in [0.717, 1.165) is 43.2 Å². The highest BCUT2D eigenvalue weighted by Gasteiger charge is 2.21. The van der Waals surface area contributed by atoms with E-state index in [1.165, 1.54) is 0 Å². The molecule has 1 aliphatic heterocycles. The number of nitrogens with zero attached hydrogens (tertiary/aromatic N) is 6. The lowest BCUT2D eigenvalue weighted by molar-refractivity contribution is -0.880. The van der Waals surface area contributed by atoms with Gasteiger partial charge in [0, 0.05) is 7.05 Å². The molecule has 7 heteroatoms. The molecule has 0 atom stereocenters. The van der Waals surface area contributed by atoms with Gasteiger partial charge in [-0.25, -0.2) is 14.6 Å². The summed E-state index contributed by atoms with van der Waals surface area (Å²) in [6.07, 6.45) is 1.59. The van der Waals surface area contributed by atoms with E-state index in [4.69, 9.17) is 0 Å². The molecule has 1 N–H and O–H groups in total. The Morgan fingerprint density at radius 2 is 2.00 bits per heavy atom. The van der Waals surface area contributed by atoms with Crippen LogP contribution in [0.2, 0.25) is 0 Å². The molecule has 1 fully saturated rings. The Hall–Kier alpha value is -1.76. The van der Waals surface area contributed by atoms with Crippen LogP contribution in [0, 0.1) is 0 Å². The number of quaternary nitrogens is 1. The number of nitrogens with one attached hydrogen (secondary N) is 1. The van der Waals surface area contributed by atoms with Crippen molar-refractivity contribution in [2.45, 2.75) is 0 Å². The van der Waals surface area contributed by atoms with Gasteiger partial charge in [-0.1, -0.05) is 5.21 Å². The van der Waals surface area contributed by atoms with Gasteiger partial charge in [0.05, 0.1) is 33.2 Å². The van der Waals surface area contributed by atoms with Gasteiger partial charge in [0.1, 0.15) is 6.33 Å². The Balaban J connectivity index is 2.00. The second kappa shape index (κ2) is 3.92. The second-order valence-corrected chi connectivity index (χ2v) is 4.53. The van der Waals surface area contributed by atoms with Crippen LogP contribution in [-0.2, 0) is 7.05 Å². The van der Waals surface area contributed by atoms with Crippen LogP contribution < -0.4 is 9.80 Å². The first-order chi connectivity index (χ1) is 8.25. The molecule has 1 saturated heterocycles. The largest absolute Gasteiger partial charge is 0.343 e. The van der Waals surface area contributed by atoms with Gasteiger partial charge in [-0.2, -0.15) is 0 Å². The minimum absolute atomic E-state index is 0.793. The van der Waals surface area contributed by atoms with Crippen molar-refractivity contribution >= 4 is 17.0 Å². The highest BCUT2D eigenvalue weighted by atomic mass is 15.4. The van der Waals surface area contributed by atoms with Gasteiger partial charge in [0.2, 0.25) is 0 Å². The minimum Gasteiger partial charge on any atom is -0.343 e. The molecule has 0 aromatic carbocycles. The fourth-order valence-corrected chi connectivity index (χ4v) is 2.17. The zero-order valence-corrected chi connectivity index (χ0v) is 10.1. The van der Waals surface area contributed by atoms with Gasteiger partial charge < -0.3 is 9.80 Å². The number of aromatic nitrogens is 5. The fraction of sp³-hybridized carbons (Fsp3) is 0.600. The predicted octanol–water partition coefficient (Wildman–Crippen LogP) is -1.91. The van der Waals surface area contributed by atoms with E-state index in [9.17, 15) is 0 Å². The fourth-order valence-electron chi connectivity index (χ4n) is 2.17. The number of hydrogen-bond acceptors (Lipinski definition) is 5. The summed E-state index contributed by atoms with van der Waals surface area (Å²) in [4.78, 5) is 12.4. The summed E-state index contributed by atoms with van der Waals surface area (Å²) < 4.78 is 1.68. The summed E-state index contributed by atoms with van der Waals surface area (Å²) >= 11 is 0. The van der Waals surface area contributed by atoms with Gasteiger partial charge in [0.25, 0.3) is 0 Å². The summed E-state index contributed by atoms with van der Waals surface area (Å²) in [7, 11) is 4.06. The number of anilines is 1. The molecule has 3 rings (SSSR count). The van der Waals surface area contributed by atoms with E-state index < -0.39 is 0 Å². The van der Waals surface area contributed by atoms with Gasteiger partial charge in [-0.05, 0) is 0 Å². The topological polar surface area (TPSA) is 64.2 Å². The van der Waals surface area contributed by atoms with Crippen LogP contribution in [0.4, 0.5) is 5.82 Å². The molecule has 2 aromatic rings. The standard InChI is InChI=1S/C10H15N7/c1-15-3-5-17(6-4-15)10-8-9(11-7-12-10)16(2)14-13-8/h7H,3-6H2,1-2H3/p+1. The van der Waals surface area contributed by atoms with E-state index in [0.29, 0.717) is 0 Å². The van der Waals surface area contributed by atoms with Crippen molar-refractivity contribution in [1.82, 2.24) is 25.0 Å². The van der Waals surface area contributed by atoms with Crippen molar-refractivity contribution in [3.05, 3.63) is 6.33 Å². The Labute approximate surface area is 99.1 Å². The third-order valence-electron chi connectivity index (χ3n) is 3.29. The van der Waals surface area contributed by atoms with Crippen molar-refractivity contribution in [1.29, 1.82) is 0 Å². The zero-order chi connectivity index (χ0) is 11.8. The number of aryl methyl sites for hydroxylation is 1. The Bertz CT molecular complexity index is 526. The quantitative estimate of drug-likeness (QED) is 0.624. The van der Waals surface area contributed by atoms with Crippen molar-refractivity contribution in [2.75, 3.05) is 38.1 Å². The van der Waals surface area contributed by atoms with E-state index in [1.54, 1.807) is 15.9 Å². The molecule has 7 nitrogen and oxygen atoms in total. The smallest absolute Gasteiger partial charge is 0.183 e. The summed E-state index contributed by atoms with van der Waals surface area (Å²) in [6, 6.07) is 0. The van der Waals surface area contributed by atoms with Crippen LogP contribution in [0.1, 0.15) is 0 Å². The lowest BCUT2D eigenvalue weighted by atomic mass is 10.3. The van der Waals surface area contributed by atoms with Crippen molar-refractivity contribution < 1.29 is 4.90 Å². The first kappa shape index (κ1) is 10.4. The first-order valence-electron chi connectivity index (χ1n) is 5.82. The molecule has 90 valence electrons. The van der Waals surface area contributed by atoms with Gasteiger partial charge in [-0.3, -0.25) is 0 Å². The van der Waals surface area contributed by atoms with Crippen LogP contribution in [0.3, 0.4) is 0 Å². The minimum atomic E-state index is 0.793. The monoisotopic (exact) mass is 234 g/mol. The lowest BCUT2D eigenvalue weighted by Crippen LogP contribution is -3.12. The molecular weight excluding hydrogens is 218 g/mol. The number of likely N-dealkylation sites (N-methyl/N-ethyl adjacent to an activating group) is 1. The number of hydrogen-bond donors (Lipinski definition) is 1. The van der Waals surface area contributed by atoms with E-state index in [2.05, 4.69) is 32.2 Å². The van der Waals surface area contributed by atoms with E-state index >= 15 is 0 Å².